The summed E-state index contributed by atoms with van der Waals surface area (Å²) in [4.78, 5) is 0. The van der Waals surface area contributed by atoms with Gasteiger partial charge in [-0.05, 0) is 24.9 Å². The van der Waals surface area contributed by atoms with Gasteiger partial charge in [0, 0.05) is 23.9 Å². The first kappa shape index (κ1) is 12.2. The van der Waals surface area contributed by atoms with Crippen molar-refractivity contribution in [2.75, 3.05) is 19.4 Å². The fourth-order valence-electron chi connectivity index (χ4n) is 2.22. The molecule has 0 heterocycles. The molecule has 94 valence electrons. The summed E-state index contributed by atoms with van der Waals surface area (Å²) < 4.78 is 5.32. The van der Waals surface area contributed by atoms with Crippen LogP contribution in [-0.2, 0) is 6.54 Å². The molecule has 3 nitrogen and oxygen atoms in total. The average Bonchev–Trinajstić information content (AvgIpc) is 2.28. The van der Waals surface area contributed by atoms with Crippen LogP contribution in [-0.4, -0.2) is 13.7 Å². The SMILES string of the molecule is COc1cc(N)ccc1CNCCC1CCC1. The van der Waals surface area contributed by atoms with Gasteiger partial charge in [-0.1, -0.05) is 25.3 Å². The highest BCUT2D eigenvalue weighted by molar-refractivity contribution is 5.48. The Morgan fingerprint density at radius 1 is 1.41 bits per heavy atom. The van der Waals surface area contributed by atoms with Crippen LogP contribution in [0.15, 0.2) is 18.2 Å². The van der Waals surface area contributed by atoms with Crippen LogP contribution in [0.4, 0.5) is 5.69 Å². The van der Waals surface area contributed by atoms with Gasteiger partial charge in [-0.25, -0.2) is 0 Å². The number of hydrogen-bond donors (Lipinski definition) is 2. The predicted octanol–water partition coefficient (Wildman–Crippen LogP) is 2.56. The van der Waals surface area contributed by atoms with Crippen molar-refractivity contribution in [1.82, 2.24) is 5.32 Å². The molecular weight excluding hydrogens is 212 g/mol. The van der Waals surface area contributed by atoms with Gasteiger partial charge in [0.05, 0.1) is 7.11 Å². The first-order chi connectivity index (χ1) is 8.29. The minimum absolute atomic E-state index is 0.750. The fraction of sp³-hybridized carbons (Fsp3) is 0.571. The van der Waals surface area contributed by atoms with Crippen molar-refractivity contribution in [3.8, 4) is 5.75 Å². The predicted molar refractivity (Wildman–Crippen MR) is 71.1 cm³/mol. The minimum Gasteiger partial charge on any atom is -0.496 e. The molecule has 17 heavy (non-hydrogen) atoms. The Balaban J connectivity index is 1.77. The molecule has 1 aliphatic rings. The fourth-order valence-corrected chi connectivity index (χ4v) is 2.22. The summed E-state index contributed by atoms with van der Waals surface area (Å²) in [6.07, 6.45) is 5.58. The Kier molecular flexibility index (Phi) is 4.26. The van der Waals surface area contributed by atoms with E-state index in [1.165, 1.54) is 31.2 Å². The lowest BCUT2D eigenvalue weighted by molar-refractivity contribution is 0.292. The molecule has 0 radical (unpaired) electrons. The van der Waals surface area contributed by atoms with Crippen LogP contribution in [0.5, 0.6) is 5.75 Å². The van der Waals surface area contributed by atoms with Gasteiger partial charge >= 0.3 is 0 Å². The van der Waals surface area contributed by atoms with Gasteiger partial charge in [0.25, 0.3) is 0 Å². The number of ether oxygens (including phenoxy) is 1. The highest BCUT2D eigenvalue weighted by Crippen LogP contribution is 2.28. The number of rotatable bonds is 6. The molecule has 0 spiro atoms. The number of hydrogen-bond acceptors (Lipinski definition) is 3. The van der Waals surface area contributed by atoms with E-state index in [2.05, 4.69) is 5.32 Å². The van der Waals surface area contributed by atoms with Gasteiger partial charge in [-0.3, -0.25) is 0 Å². The van der Waals surface area contributed by atoms with Gasteiger partial charge in [-0.2, -0.15) is 0 Å². The van der Waals surface area contributed by atoms with Crippen LogP contribution < -0.4 is 15.8 Å². The van der Waals surface area contributed by atoms with E-state index in [0.29, 0.717) is 0 Å². The number of anilines is 1. The van der Waals surface area contributed by atoms with E-state index in [4.69, 9.17) is 10.5 Å². The largest absolute Gasteiger partial charge is 0.496 e. The molecular formula is C14H22N2O. The average molecular weight is 234 g/mol. The zero-order valence-corrected chi connectivity index (χ0v) is 10.5. The lowest BCUT2D eigenvalue weighted by atomic mass is 9.83. The van der Waals surface area contributed by atoms with Crippen molar-refractivity contribution in [3.63, 3.8) is 0 Å². The lowest BCUT2D eigenvalue weighted by Gasteiger charge is -2.25. The summed E-state index contributed by atoms with van der Waals surface area (Å²) in [6, 6.07) is 5.83. The molecule has 1 saturated carbocycles. The van der Waals surface area contributed by atoms with E-state index in [-0.39, 0.29) is 0 Å². The van der Waals surface area contributed by atoms with Crippen LogP contribution in [0.3, 0.4) is 0 Å². The second-order valence-electron chi connectivity index (χ2n) is 4.83. The molecule has 1 aromatic carbocycles. The van der Waals surface area contributed by atoms with Crippen LogP contribution in [0.25, 0.3) is 0 Å². The number of nitrogen functional groups attached to an aromatic ring is 1. The molecule has 1 aromatic rings. The van der Waals surface area contributed by atoms with Gasteiger partial charge in [0.1, 0.15) is 5.75 Å². The van der Waals surface area contributed by atoms with E-state index in [1.807, 2.05) is 18.2 Å². The second kappa shape index (κ2) is 5.92. The Bertz CT molecular complexity index is 361. The second-order valence-corrected chi connectivity index (χ2v) is 4.83. The normalized spacial score (nSPS) is 15.6. The summed E-state index contributed by atoms with van der Waals surface area (Å²) in [5.41, 5.74) is 7.65. The zero-order chi connectivity index (χ0) is 12.1. The maximum absolute atomic E-state index is 5.72. The minimum atomic E-state index is 0.750. The van der Waals surface area contributed by atoms with E-state index < -0.39 is 0 Å². The maximum atomic E-state index is 5.72. The van der Waals surface area contributed by atoms with Crippen LogP contribution in [0.2, 0.25) is 0 Å². The van der Waals surface area contributed by atoms with Crippen LogP contribution in [0.1, 0.15) is 31.2 Å². The van der Waals surface area contributed by atoms with E-state index in [0.717, 1.165) is 30.4 Å². The molecule has 0 aromatic heterocycles. The molecule has 0 amide bonds. The number of methoxy groups -OCH3 is 1. The topological polar surface area (TPSA) is 47.3 Å². The highest BCUT2D eigenvalue weighted by Gasteiger charge is 2.16. The van der Waals surface area contributed by atoms with Crippen molar-refractivity contribution in [2.45, 2.75) is 32.2 Å². The first-order valence-corrected chi connectivity index (χ1v) is 6.42. The quantitative estimate of drug-likeness (QED) is 0.587. The smallest absolute Gasteiger partial charge is 0.125 e. The molecule has 1 aliphatic carbocycles. The van der Waals surface area contributed by atoms with Crippen molar-refractivity contribution in [2.24, 2.45) is 5.92 Å². The van der Waals surface area contributed by atoms with Crippen molar-refractivity contribution >= 4 is 5.69 Å². The third kappa shape index (κ3) is 3.37. The number of nitrogens with two attached hydrogens (primary N) is 1. The Morgan fingerprint density at radius 3 is 2.88 bits per heavy atom. The Morgan fingerprint density at radius 2 is 2.24 bits per heavy atom. The third-order valence-electron chi connectivity index (χ3n) is 3.58. The van der Waals surface area contributed by atoms with E-state index in [9.17, 15) is 0 Å². The molecule has 2 rings (SSSR count). The summed E-state index contributed by atoms with van der Waals surface area (Å²) in [6.45, 7) is 1.95. The lowest BCUT2D eigenvalue weighted by Crippen LogP contribution is -2.21. The third-order valence-corrected chi connectivity index (χ3v) is 3.58. The molecule has 1 fully saturated rings. The van der Waals surface area contributed by atoms with Crippen LogP contribution in [0, 0.1) is 5.92 Å². The number of benzene rings is 1. The van der Waals surface area contributed by atoms with Crippen molar-refractivity contribution < 1.29 is 4.74 Å². The molecule has 0 unspecified atom stereocenters. The highest BCUT2D eigenvalue weighted by atomic mass is 16.5. The Labute approximate surface area is 103 Å². The summed E-state index contributed by atoms with van der Waals surface area (Å²) in [5, 5.41) is 3.47. The van der Waals surface area contributed by atoms with Gasteiger partial charge in [-0.15, -0.1) is 0 Å². The molecule has 3 heteroatoms. The van der Waals surface area contributed by atoms with Crippen molar-refractivity contribution in [1.29, 1.82) is 0 Å². The summed E-state index contributed by atoms with van der Waals surface area (Å²) >= 11 is 0. The molecule has 3 N–H and O–H groups in total. The zero-order valence-electron chi connectivity index (χ0n) is 10.5. The maximum Gasteiger partial charge on any atom is 0.125 e. The van der Waals surface area contributed by atoms with Crippen molar-refractivity contribution in [3.05, 3.63) is 23.8 Å². The van der Waals surface area contributed by atoms with Gasteiger partial charge in [0.15, 0.2) is 0 Å². The first-order valence-electron chi connectivity index (χ1n) is 6.42. The molecule has 0 atom stereocenters. The van der Waals surface area contributed by atoms with Gasteiger partial charge in [0.2, 0.25) is 0 Å². The van der Waals surface area contributed by atoms with Crippen LogP contribution >= 0.6 is 0 Å². The summed E-state index contributed by atoms with van der Waals surface area (Å²) in [5.74, 6) is 1.84. The number of nitrogens with one attached hydrogen (secondary N) is 1. The van der Waals surface area contributed by atoms with E-state index >= 15 is 0 Å². The monoisotopic (exact) mass is 234 g/mol. The summed E-state index contributed by atoms with van der Waals surface area (Å²) in [7, 11) is 1.69. The van der Waals surface area contributed by atoms with Gasteiger partial charge < -0.3 is 15.8 Å². The molecule has 0 bridgehead atoms. The van der Waals surface area contributed by atoms with E-state index in [1.54, 1.807) is 7.11 Å². The molecule has 0 saturated heterocycles. The molecule has 0 aliphatic heterocycles. The standard InChI is InChI=1S/C14H22N2O/c1-17-14-9-13(15)6-5-12(14)10-16-8-7-11-3-2-4-11/h5-6,9,11,16H,2-4,7-8,10,15H2,1H3. The Hall–Kier alpha value is -1.22.